The fourth-order valence-corrected chi connectivity index (χ4v) is 3.02. The van der Waals surface area contributed by atoms with Crippen molar-refractivity contribution in [2.24, 2.45) is 5.73 Å². The van der Waals surface area contributed by atoms with Crippen molar-refractivity contribution in [3.63, 3.8) is 0 Å². The van der Waals surface area contributed by atoms with Crippen molar-refractivity contribution in [3.8, 4) is 0 Å². The van der Waals surface area contributed by atoms with Crippen LogP contribution in [0.15, 0.2) is 0 Å². The minimum absolute atomic E-state index is 0.191. The van der Waals surface area contributed by atoms with Gasteiger partial charge in [0.05, 0.1) is 6.10 Å². The lowest BCUT2D eigenvalue weighted by Crippen LogP contribution is -2.35. The molecule has 0 aromatic rings. The van der Waals surface area contributed by atoms with Gasteiger partial charge in [-0.3, -0.25) is 0 Å². The van der Waals surface area contributed by atoms with Crippen molar-refractivity contribution in [2.45, 2.75) is 90.1 Å². The first kappa shape index (κ1) is 23.8. The van der Waals surface area contributed by atoms with Crippen LogP contribution >= 0.6 is 0 Å². The van der Waals surface area contributed by atoms with Gasteiger partial charge in [0.25, 0.3) is 0 Å². The molecule has 0 aliphatic carbocycles. The molecule has 0 heterocycles. The molecular weight excluding hydrogens is 298 g/mol. The molecule has 4 N–H and O–H groups in total. The first-order chi connectivity index (χ1) is 11.7. The van der Waals surface area contributed by atoms with Crippen LogP contribution < -0.4 is 11.1 Å². The molecule has 0 fully saturated rings. The monoisotopic (exact) mass is 343 g/mol. The lowest BCUT2D eigenvalue weighted by Gasteiger charge is -2.17. The van der Waals surface area contributed by atoms with E-state index >= 15 is 0 Å². The van der Waals surface area contributed by atoms with Crippen LogP contribution in [0.2, 0.25) is 0 Å². The van der Waals surface area contributed by atoms with Gasteiger partial charge in [0.2, 0.25) is 0 Å². The number of aliphatic hydroxyl groups is 1. The van der Waals surface area contributed by atoms with Crippen LogP contribution in [0.25, 0.3) is 0 Å². The van der Waals surface area contributed by atoms with Gasteiger partial charge < -0.3 is 21.1 Å². The van der Waals surface area contributed by atoms with Crippen molar-refractivity contribution >= 4 is 0 Å². The molecule has 0 aliphatic rings. The highest BCUT2D eigenvalue weighted by molar-refractivity contribution is 4.62. The maximum atomic E-state index is 9.97. The molecule has 24 heavy (non-hydrogen) atoms. The summed E-state index contributed by atoms with van der Waals surface area (Å²) in [5.41, 5.74) is 5.51. The Morgan fingerprint density at radius 1 is 0.875 bits per heavy atom. The summed E-state index contributed by atoms with van der Waals surface area (Å²) in [6.45, 7) is 6.54. The molecule has 0 saturated heterocycles. The zero-order valence-electron chi connectivity index (χ0n) is 16.6. The Hall–Kier alpha value is -0.160. The van der Waals surface area contributed by atoms with Crippen molar-refractivity contribution < 1.29 is 5.11 Å². The molecule has 0 aromatic heterocycles. The van der Waals surface area contributed by atoms with Crippen molar-refractivity contribution in [3.05, 3.63) is 0 Å². The van der Waals surface area contributed by atoms with Crippen LogP contribution in [0.5, 0.6) is 0 Å². The van der Waals surface area contributed by atoms with E-state index in [0.717, 1.165) is 32.5 Å². The minimum Gasteiger partial charge on any atom is -0.392 e. The van der Waals surface area contributed by atoms with E-state index in [4.69, 9.17) is 5.73 Å². The number of hydrogen-bond acceptors (Lipinski definition) is 4. The van der Waals surface area contributed by atoms with Crippen LogP contribution in [0.3, 0.4) is 0 Å². The third-order valence-corrected chi connectivity index (χ3v) is 4.70. The number of hydrogen-bond donors (Lipinski definition) is 3. The number of aliphatic hydroxyl groups excluding tert-OH is 1. The van der Waals surface area contributed by atoms with E-state index in [1.54, 1.807) is 0 Å². The molecule has 0 rings (SSSR count). The zero-order chi connectivity index (χ0) is 17.9. The van der Waals surface area contributed by atoms with E-state index in [1.807, 2.05) is 0 Å². The highest BCUT2D eigenvalue weighted by Gasteiger charge is 2.03. The van der Waals surface area contributed by atoms with Gasteiger partial charge in [0.15, 0.2) is 0 Å². The van der Waals surface area contributed by atoms with E-state index < -0.39 is 0 Å². The Morgan fingerprint density at radius 2 is 1.42 bits per heavy atom. The summed E-state index contributed by atoms with van der Waals surface area (Å²) in [6, 6.07) is 0. The summed E-state index contributed by atoms with van der Waals surface area (Å²) in [5, 5.41) is 13.3. The van der Waals surface area contributed by atoms with Crippen molar-refractivity contribution in [2.75, 3.05) is 39.8 Å². The maximum Gasteiger partial charge on any atom is 0.0664 e. The average molecular weight is 344 g/mol. The molecule has 0 spiro atoms. The van der Waals surface area contributed by atoms with Gasteiger partial charge in [0.1, 0.15) is 0 Å². The molecule has 0 aliphatic heterocycles. The topological polar surface area (TPSA) is 61.5 Å². The predicted molar refractivity (Wildman–Crippen MR) is 107 cm³/mol. The fourth-order valence-electron chi connectivity index (χ4n) is 3.02. The smallest absolute Gasteiger partial charge is 0.0664 e. The molecule has 0 radical (unpaired) electrons. The molecule has 146 valence electrons. The molecule has 0 bridgehead atoms. The minimum atomic E-state index is -0.191. The Morgan fingerprint density at radius 3 is 1.96 bits per heavy atom. The van der Waals surface area contributed by atoms with E-state index in [1.165, 1.54) is 64.2 Å². The quantitative estimate of drug-likeness (QED) is 0.314. The fraction of sp³-hybridized carbons (Fsp3) is 1.00. The average Bonchev–Trinajstić information content (AvgIpc) is 2.57. The van der Waals surface area contributed by atoms with E-state index in [2.05, 4.69) is 24.2 Å². The zero-order valence-corrected chi connectivity index (χ0v) is 16.6. The predicted octanol–water partition coefficient (Wildman–Crippen LogP) is 3.53. The van der Waals surface area contributed by atoms with Crippen molar-refractivity contribution in [1.82, 2.24) is 10.2 Å². The second-order valence-electron chi connectivity index (χ2n) is 7.27. The van der Waals surface area contributed by atoms with Gasteiger partial charge in [-0.15, -0.1) is 0 Å². The largest absolute Gasteiger partial charge is 0.392 e. The van der Waals surface area contributed by atoms with Crippen LogP contribution in [0, 0.1) is 0 Å². The molecule has 4 nitrogen and oxygen atoms in total. The van der Waals surface area contributed by atoms with E-state index in [0.29, 0.717) is 13.1 Å². The van der Waals surface area contributed by atoms with Gasteiger partial charge in [-0.1, -0.05) is 77.6 Å². The van der Waals surface area contributed by atoms with Gasteiger partial charge in [-0.25, -0.2) is 0 Å². The molecular formula is C20H45N3O. The summed E-state index contributed by atoms with van der Waals surface area (Å²) in [4.78, 5) is 2.21. The van der Waals surface area contributed by atoms with E-state index in [-0.39, 0.29) is 6.10 Å². The number of unbranched alkanes of at least 4 members (excludes halogenated alkanes) is 10. The first-order valence-corrected chi connectivity index (χ1v) is 10.5. The first-order valence-electron chi connectivity index (χ1n) is 10.5. The Bertz CT molecular complexity index is 239. The van der Waals surface area contributed by atoms with Gasteiger partial charge in [0, 0.05) is 32.7 Å². The molecule has 1 atom stereocenters. The third-order valence-electron chi connectivity index (χ3n) is 4.70. The van der Waals surface area contributed by atoms with Crippen LogP contribution in [0.4, 0.5) is 0 Å². The Kier molecular flexibility index (Phi) is 19.0. The number of likely N-dealkylation sites (N-methyl/N-ethyl adjacent to an activating group) is 1. The standard InChI is InChI=1S/C20H45N3O/c1-3-4-5-6-7-8-9-10-11-12-13-14-20(24)19-22-16-18-23(2)17-15-21/h20,22,24H,3-19,21H2,1-2H3. The SMILES string of the molecule is CCCCCCCCCCCCCC(O)CNCCN(C)CCN. The molecule has 0 aromatic carbocycles. The summed E-state index contributed by atoms with van der Waals surface area (Å²) in [6.07, 6.45) is 15.7. The van der Waals surface area contributed by atoms with Crippen LogP contribution in [0.1, 0.15) is 84.0 Å². The van der Waals surface area contributed by atoms with Crippen LogP contribution in [-0.4, -0.2) is 55.9 Å². The normalized spacial score (nSPS) is 12.9. The second-order valence-corrected chi connectivity index (χ2v) is 7.27. The summed E-state index contributed by atoms with van der Waals surface area (Å²) in [5.74, 6) is 0. The van der Waals surface area contributed by atoms with Gasteiger partial charge >= 0.3 is 0 Å². The Balaban J connectivity index is 3.19. The highest BCUT2D eigenvalue weighted by atomic mass is 16.3. The summed E-state index contributed by atoms with van der Waals surface area (Å²) in [7, 11) is 2.08. The molecule has 1 unspecified atom stereocenters. The number of nitrogens with one attached hydrogen (secondary N) is 1. The number of nitrogens with zero attached hydrogens (tertiary/aromatic N) is 1. The second kappa shape index (κ2) is 19.2. The lowest BCUT2D eigenvalue weighted by atomic mass is 10.0. The molecule has 4 heteroatoms. The summed E-state index contributed by atoms with van der Waals surface area (Å²) < 4.78 is 0. The van der Waals surface area contributed by atoms with Gasteiger partial charge in [-0.05, 0) is 13.5 Å². The Labute approximate surface area is 151 Å². The molecule has 0 amide bonds. The molecule has 0 saturated carbocycles. The summed E-state index contributed by atoms with van der Waals surface area (Å²) >= 11 is 0. The number of nitrogens with two attached hydrogens (primary N) is 1. The van der Waals surface area contributed by atoms with Crippen LogP contribution in [-0.2, 0) is 0 Å². The van der Waals surface area contributed by atoms with E-state index in [9.17, 15) is 5.11 Å². The van der Waals surface area contributed by atoms with Gasteiger partial charge in [-0.2, -0.15) is 0 Å². The van der Waals surface area contributed by atoms with Crippen molar-refractivity contribution in [1.29, 1.82) is 0 Å². The number of rotatable bonds is 19. The maximum absolute atomic E-state index is 9.97. The third kappa shape index (κ3) is 18.2. The highest BCUT2D eigenvalue weighted by Crippen LogP contribution is 2.12. The lowest BCUT2D eigenvalue weighted by molar-refractivity contribution is 0.156.